The topological polar surface area (TPSA) is 72.8 Å². The monoisotopic (exact) mass is 456 g/mol. The van der Waals surface area contributed by atoms with E-state index in [4.69, 9.17) is 5.10 Å². The van der Waals surface area contributed by atoms with Gasteiger partial charge in [-0.3, -0.25) is 15.1 Å². The second-order valence-electron chi connectivity index (χ2n) is 5.84. The number of aromatic nitrogens is 1. The largest absolute Gasteiger partial charge is 0.269 e. The maximum atomic E-state index is 10.9. The first kappa shape index (κ1) is 19.9. The number of nitro groups is 1. The first-order chi connectivity index (χ1) is 13.5. The number of thiazole rings is 1. The predicted molar refractivity (Wildman–Crippen MR) is 117 cm³/mol. The summed E-state index contributed by atoms with van der Waals surface area (Å²) in [5, 5.41) is 17.6. The molecule has 0 fully saturated rings. The minimum atomic E-state index is -0.415. The van der Waals surface area contributed by atoms with Crippen molar-refractivity contribution in [3.63, 3.8) is 0 Å². The molecule has 28 heavy (non-hydrogen) atoms. The van der Waals surface area contributed by atoms with Gasteiger partial charge in [-0.1, -0.05) is 34.1 Å². The fourth-order valence-corrected chi connectivity index (χ4v) is 3.60. The first-order valence-corrected chi connectivity index (χ1v) is 10.0. The Labute approximate surface area is 174 Å². The van der Waals surface area contributed by atoms with E-state index in [0.717, 1.165) is 31.8 Å². The van der Waals surface area contributed by atoms with Crippen molar-refractivity contribution in [2.24, 2.45) is 10.1 Å². The quantitative estimate of drug-likeness (QED) is 0.220. The highest BCUT2D eigenvalue weighted by molar-refractivity contribution is 9.10. The van der Waals surface area contributed by atoms with Crippen molar-refractivity contribution in [2.45, 2.75) is 6.92 Å². The summed E-state index contributed by atoms with van der Waals surface area (Å²) in [6.07, 6.45) is 1.73. The molecule has 0 radical (unpaired) electrons. The number of rotatable bonds is 6. The Morgan fingerprint density at radius 1 is 1.25 bits per heavy atom. The van der Waals surface area contributed by atoms with Crippen molar-refractivity contribution in [3.05, 3.63) is 91.5 Å². The van der Waals surface area contributed by atoms with E-state index >= 15 is 0 Å². The minimum Gasteiger partial charge on any atom is -0.258 e. The van der Waals surface area contributed by atoms with Crippen LogP contribution in [0.4, 0.5) is 5.69 Å². The van der Waals surface area contributed by atoms with Crippen molar-refractivity contribution >= 4 is 38.7 Å². The van der Waals surface area contributed by atoms with Crippen LogP contribution >= 0.6 is 27.3 Å². The van der Waals surface area contributed by atoms with Gasteiger partial charge in [-0.25, -0.2) is 4.68 Å². The van der Waals surface area contributed by atoms with Crippen molar-refractivity contribution in [3.8, 4) is 11.3 Å². The fraction of sp³-hybridized carbons (Fsp3) is 0.100. The van der Waals surface area contributed by atoms with Crippen molar-refractivity contribution < 1.29 is 4.92 Å². The summed E-state index contributed by atoms with van der Waals surface area (Å²) in [5.41, 5.74) is 3.52. The third-order valence-electron chi connectivity index (χ3n) is 3.93. The highest BCUT2D eigenvalue weighted by Gasteiger charge is 2.10. The highest BCUT2D eigenvalue weighted by atomic mass is 79.9. The number of benzene rings is 2. The molecular weight excluding hydrogens is 440 g/mol. The number of non-ortho nitro benzene ring substituents is 1. The lowest BCUT2D eigenvalue weighted by atomic mass is 10.1. The zero-order chi connectivity index (χ0) is 20.1. The zero-order valence-corrected chi connectivity index (χ0v) is 17.5. The number of hydrogen-bond acceptors (Lipinski definition) is 5. The second-order valence-corrected chi connectivity index (χ2v) is 7.59. The van der Waals surface area contributed by atoms with E-state index in [1.165, 1.54) is 23.5 Å². The van der Waals surface area contributed by atoms with Gasteiger partial charge < -0.3 is 0 Å². The van der Waals surface area contributed by atoms with Gasteiger partial charge in [0.2, 0.25) is 4.80 Å². The Bertz CT molecular complexity index is 1100. The van der Waals surface area contributed by atoms with E-state index in [-0.39, 0.29) is 5.69 Å². The Hall–Kier alpha value is -2.84. The van der Waals surface area contributed by atoms with Gasteiger partial charge in [0.05, 0.1) is 22.9 Å². The van der Waals surface area contributed by atoms with Gasteiger partial charge in [0.15, 0.2) is 0 Å². The van der Waals surface area contributed by atoms with Gasteiger partial charge >= 0.3 is 0 Å². The smallest absolute Gasteiger partial charge is 0.258 e. The first-order valence-electron chi connectivity index (χ1n) is 8.38. The summed E-state index contributed by atoms with van der Waals surface area (Å²) in [6.45, 7) is 6.08. The highest BCUT2D eigenvalue weighted by Crippen LogP contribution is 2.23. The normalized spacial score (nSPS) is 12.2. The van der Waals surface area contributed by atoms with Gasteiger partial charge in [0, 0.05) is 27.5 Å². The molecule has 8 heteroatoms. The average molecular weight is 457 g/mol. The molecule has 2 aromatic carbocycles. The molecule has 0 N–H and O–H groups in total. The van der Waals surface area contributed by atoms with Crippen LogP contribution in [-0.4, -0.2) is 21.9 Å². The molecule has 1 aromatic heterocycles. The molecule has 142 valence electrons. The van der Waals surface area contributed by atoms with Gasteiger partial charge in [-0.05, 0) is 36.8 Å². The minimum absolute atomic E-state index is 0.0527. The van der Waals surface area contributed by atoms with Gasteiger partial charge in [-0.15, -0.1) is 17.9 Å². The van der Waals surface area contributed by atoms with Gasteiger partial charge in [0.1, 0.15) is 0 Å². The van der Waals surface area contributed by atoms with E-state index < -0.39 is 4.92 Å². The molecular formula is C20H17BrN4O2S. The predicted octanol–water partition coefficient (Wildman–Crippen LogP) is 5.25. The molecule has 0 saturated carbocycles. The Morgan fingerprint density at radius 2 is 1.93 bits per heavy atom. The standard InChI is InChI=1S/C20H17BrN4O2S/c1-3-12-22-20-24(19(13-28-20)16-4-8-17(21)9-5-16)23-14(2)15-6-10-18(11-7-15)25(26)27/h3-11,13H,1,12H2,2H3. The summed E-state index contributed by atoms with van der Waals surface area (Å²) in [5.74, 6) is 0. The summed E-state index contributed by atoms with van der Waals surface area (Å²) in [4.78, 5) is 15.7. The SMILES string of the molecule is C=CCN=c1scc(-c2ccc(Br)cc2)n1N=C(C)c1ccc([N+](=O)[O-])cc1. The fourth-order valence-electron chi connectivity index (χ4n) is 2.50. The van der Waals surface area contributed by atoms with E-state index in [9.17, 15) is 10.1 Å². The molecule has 0 aliphatic carbocycles. The van der Waals surface area contributed by atoms with Crippen LogP contribution in [0.3, 0.4) is 0 Å². The maximum Gasteiger partial charge on any atom is 0.269 e. The summed E-state index contributed by atoms with van der Waals surface area (Å²) < 4.78 is 2.80. The summed E-state index contributed by atoms with van der Waals surface area (Å²) >= 11 is 4.95. The molecule has 0 aliphatic heterocycles. The molecule has 3 rings (SSSR count). The molecule has 0 unspecified atom stereocenters. The van der Waals surface area contributed by atoms with Crippen LogP contribution in [0.2, 0.25) is 0 Å². The van der Waals surface area contributed by atoms with Crippen LogP contribution in [0, 0.1) is 10.1 Å². The van der Waals surface area contributed by atoms with Gasteiger partial charge in [0.25, 0.3) is 5.69 Å². The van der Waals surface area contributed by atoms with Crippen LogP contribution in [0.15, 0.2) is 81.1 Å². The van der Waals surface area contributed by atoms with Crippen LogP contribution in [0.25, 0.3) is 11.3 Å². The van der Waals surface area contributed by atoms with E-state index in [0.29, 0.717) is 6.54 Å². The molecule has 0 atom stereocenters. The lowest BCUT2D eigenvalue weighted by molar-refractivity contribution is -0.384. The Balaban J connectivity index is 2.08. The van der Waals surface area contributed by atoms with Crippen molar-refractivity contribution in [2.75, 3.05) is 6.54 Å². The molecule has 0 spiro atoms. The maximum absolute atomic E-state index is 10.9. The lowest BCUT2D eigenvalue weighted by Crippen LogP contribution is -2.14. The molecule has 0 saturated heterocycles. The third-order valence-corrected chi connectivity index (χ3v) is 5.31. The molecule has 0 bridgehead atoms. The number of nitro benzene ring substituents is 1. The van der Waals surface area contributed by atoms with Gasteiger partial charge in [-0.2, -0.15) is 5.10 Å². The lowest BCUT2D eigenvalue weighted by Gasteiger charge is -2.06. The number of hydrogen-bond donors (Lipinski definition) is 0. The molecule has 0 aliphatic rings. The molecule has 1 heterocycles. The molecule has 6 nitrogen and oxygen atoms in total. The molecule has 0 amide bonds. The summed E-state index contributed by atoms with van der Waals surface area (Å²) in [6, 6.07) is 14.3. The van der Waals surface area contributed by atoms with Crippen LogP contribution in [0.5, 0.6) is 0 Å². The van der Waals surface area contributed by atoms with Crippen LogP contribution in [0.1, 0.15) is 12.5 Å². The third kappa shape index (κ3) is 4.52. The van der Waals surface area contributed by atoms with E-state index in [1.807, 2.05) is 36.6 Å². The second kappa shape index (κ2) is 8.90. The zero-order valence-electron chi connectivity index (χ0n) is 15.1. The Morgan fingerprint density at radius 3 is 2.54 bits per heavy atom. The summed E-state index contributed by atoms with van der Waals surface area (Å²) in [7, 11) is 0. The van der Waals surface area contributed by atoms with Crippen LogP contribution < -0.4 is 4.80 Å². The van der Waals surface area contributed by atoms with Crippen LogP contribution in [-0.2, 0) is 0 Å². The van der Waals surface area contributed by atoms with Crippen molar-refractivity contribution in [1.82, 2.24) is 4.68 Å². The Kier molecular flexibility index (Phi) is 6.33. The van der Waals surface area contributed by atoms with E-state index in [2.05, 4.69) is 27.5 Å². The average Bonchev–Trinajstić information content (AvgIpc) is 3.09. The number of halogens is 1. The van der Waals surface area contributed by atoms with E-state index in [1.54, 1.807) is 22.9 Å². The number of nitrogens with zero attached hydrogens (tertiary/aromatic N) is 4. The molecule has 3 aromatic rings. The van der Waals surface area contributed by atoms with Crippen molar-refractivity contribution in [1.29, 1.82) is 0 Å².